The van der Waals surface area contributed by atoms with E-state index in [2.05, 4.69) is 20.0 Å². The summed E-state index contributed by atoms with van der Waals surface area (Å²) < 4.78 is 29.3. The van der Waals surface area contributed by atoms with Gasteiger partial charge in [0, 0.05) is 29.6 Å². The van der Waals surface area contributed by atoms with Crippen LogP contribution in [0.15, 0.2) is 47.5 Å². The number of hydrogen-bond acceptors (Lipinski definition) is 6. The van der Waals surface area contributed by atoms with E-state index in [1.807, 2.05) is 6.07 Å². The molecular formula is C22H20ClN5O3. The molecule has 0 atom stereocenters. The molecule has 2 aromatic carbocycles. The summed E-state index contributed by atoms with van der Waals surface area (Å²) in [5, 5.41) is 11.4. The van der Waals surface area contributed by atoms with Gasteiger partial charge in [0.1, 0.15) is 0 Å². The largest absolute Gasteiger partial charge is 0.469 e. The molecule has 1 aromatic heterocycles. The van der Waals surface area contributed by atoms with E-state index in [4.69, 9.17) is 21.0 Å². The lowest BCUT2D eigenvalue weighted by Crippen LogP contribution is -2.24. The number of esters is 1. The monoisotopic (exact) mass is 440 g/mol. The standard InChI is InChI=1S/C22H20ClN5O3/c1-28-18-10-7-15(22(30)25-11-3-4-19(29)31-2)12-17(18)27-21(28)20(23)26-16-8-5-14(13-24)6-9-16/h5-10,12H,3-4,11H2,1-2H3,(H,25,30)/i1D3. The normalized spacial score (nSPS) is 13.1. The van der Waals surface area contributed by atoms with Gasteiger partial charge < -0.3 is 14.6 Å². The second kappa shape index (κ2) is 9.87. The minimum absolute atomic E-state index is 0.0864. The Morgan fingerprint density at radius 2 is 2.10 bits per heavy atom. The molecule has 0 aliphatic rings. The van der Waals surface area contributed by atoms with Gasteiger partial charge in [-0.05, 0) is 48.9 Å². The highest BCUT2D eigenvalue weighted by molar-refractivity contribution is 6.69. The fraction of sp³-hybridized carbons (Fsp3) is 0.227. The number of nitrogens with one attached hydrogen (secondary N) is 1. The molecule has 0 spiro atoms. The first kappa shape index (κ1) is 18.1. The Labute approximate surface area is 188 Å². The average Bonchev–Trinajstić information content (AvgIpc) is 3.21. The predicted octanol–water partition coefficient (Wildman–Crippen LogP) is 3.45. The molecule has 0 radical (unpaired) electrons. The minimum Gasteiger partial charge on any atom is -0.469 e. The molecule has 0 unspecified atom stereocenters. The van der Waals surface area contributed by atoms with Crippen molar-refractivity contribution in [1.29, 1.82) is 5.26 Å². The van der Waals surface area contributed by atoms with Gasteiger partial charge in [0.2, 0.25) is 0 Å². The van der Waals surface area contributed by atoms with Crippen LogP contribution in [0.5, 0.6) is 0 Å². The van der Waals surface area contributed by atoms with Crippen molar-refractivity contribution in [2.45, 2.75) is 12.8 Å². The van der Waals surface area contributed by atoms with Gasteiger partial charge in [0.15, 0.2) is 11.0 Å². The van der Waals surface area contributed by atoms with Crippen LogP contribution in [0.2, 0.25) is 0 Å². The summed E-state index contributed by atoms with van der Waals surface area (Å²) in [6.45, 7) is -2.34. The topological polar surface area (TPSA) is 109 Å². The summed E-state index contributed by atoms with van der Waals surface area (Å²) in [7, 11) is 1.30. The number of aliphatic imine (C=N–C) groups is 1. The van der Waals surface area contributed by atoms with Crippen molar-refractivity contribution < 1.29 is 18.4 Å². The summed E-state index contributed by atoms with van der Waals surface area (Å²) in [4.78, 5) is 32.2. The molecule has 31 heavy (non-hydrogen) atoms. The molecule has 9 heteroatoms. The molecular weight excluding hydrogens is 418 g/mol. The maximum Gasteiger partial charge on any atom is 0.305 e. The van der Waals surface area contributed by atoms with Gasteiger partial charge in [-0.3, -0.25) is 9.59 Å². The minimum atomic E-state index is -2.61. The molecule has 0 aliphatic carbocycles. The number of imidazole rings is 1. The van der Waals surface area contributed by atoms with Gasteiger partial charge in [-0.2, -0.15) is 5.26 Å². The van der Waals surface area contributed by atoms with Gasteiger partial charge in [0.05, 0.1) is 35.5 Å². The molecule has 1 heterocycles. The quantitative estimate of drug-likeness (QED) is 0.344. The van der Waals surface area contributed by atoms with Crippen LogP contribution in [0.4, 0.5) is 5.69 Å². The Kier molecular flexibility index (Phi) is 5.76. The van der Waals surface area contributed by atoms with Gasteiger partial charge >= 0.3 is 5.97 Å². The highest BCUT2D eigenvalue weighted by atomic mass is 35.5. The number of fused-ring (bicyclic) bond motifs is 1. The fourth-order valence-corrected chi connectivity index (χ4v) is 3.00. The predicted molar refractivity (Wildman–Crippen MR) is 118 cm³/mol. The number of carbonyl (C=O) groups excluding carboxylic acids is 2. The number of methoxy groups -OCH3 is 1. The van der Waals surface area contributed by atoms with Gasteiger partial charge in [-0.1, -0.05) is 11.6 Å². The lowest BCUT2D eigenvalue weighted by Gasteiger charge is -2.05. The number of ether oxygens (including phenoxy) is 1. The smallest absolute Gasteiger partial charge is 0.305 e. The second-order valence-electron chi connectivity index (χ2n) is 6.47. The van der Waals surface area contributed by atoms with E-state index in [0.717, 1.165) is 4.57 Å². The van der Waals surface area contributed by atoms with Crippen LogP contribution >= 0.6 is 11.6 Å². The molecule has 0 aliphatic heterocycles. The second-order valence-corrected chi connectivity index (χ2v) is 6.83. The van der Waals surface area contributed by atoms with Crippen LogP contribution < -0.4 is 5.32 Å². The highest BCUT2D eigenvalue weighted by Gasteiger charge is 2.14. The number of nitriles is 1. The van der Waals surface area contributed by atoms with E-state index in [1.54, 1.807) is 24.3 Å². The summed E-state index contributed by atoms with van der Waals surface area (Å²) >= 11 is 6.36. The number of amides is 1. The maximum atomic E-state index is 12.5. The number of benzene rings is 2. The van der Waals surface area contributed by atoms with E-state index in [0.29, 0.717) is 17.7 Å². The molecule has 0 saturated heterocycles. The van der Waals surface area contributed by atoms with Crippen molar-refractivity contribution in [1.82, 2.24) is 14.9 Å². The Hall–Kier alpha value is -3.70. The maximum absolute atomic E-state index is 12.5. The van der Waals surface area contributed by atoms with E-state index in [-0.39, 0.29) is 46.5 Å². The molecule has 8 nitrogen and oxygen atoms in total. The molecule has 1 N–H and O–H groups in total. The lowest BCUT2D eigenvalue weighted by molar-refractivity contribution is -0.140. The summed E-state index contributed by atoms with van der Waals surface area (Å²) in [5.41, 5.74) is 1.64. The van der Waals surface area contributed by atoms with E-state index >= 15 is 0 Å². The summed E-state index contributed by atoms with van der Waals surface area (Å²) in [6.07, 6.45) is 0.596. The first-order valence-corrected chi connectivity index (χ1v) is 9.64. The number of hydrogen-bond donors (Lipinski definition) is 1. The Morgan fingerprint density at radius 1 is 1.32 bits per heavy atom. The molecule has 158 valence electrons. The summed E-state index contributed by atoms with van der Waals surface area (Å²) in [5.74, 6) is -0.844. The zero-order chi connectivity index (χ0) is 24.9. The van der Waals surface area contributed by atoms with Crippen LogP contribution in [0.25, 0.3) is 11.0 Å². The van der Waals surface area contributed by atoms with Crippen molar-refractivity contribution in [3.8, 4) is 6.07 Å². The van der Waals surface area contributed by atoms with Crippen LogP contribution in [0.1, 0.15) is 38.7 Å². The van der Waals surface area contributed by atoms with Gasteiger partial charge in [0.25, 0.3) is 5.91 Å². The van der Waals surface area contributed by atoms with Crippen molar-refractivity contribution in [3.63, 3.8) is 0 Å². The number of carbonyl (C=O) groups is 2. The number of rotatable bonds is 7. The first-order valence-electron chi connectivity index (χ1n) is 10.8. The Bertz CT molecular complexity index is 1290. The fourth-order valence-electron chi connectivity index (χ4n) is 2.77. The zero-order valence-electron chi connectivity index (χ0n) is 19.6. The average molecular weight is 441 g/mol. The van der Waals surface area contributed by atoms with Gasteiger partial charge in [-0.25, -0.2) is 9.98 Å². The van der Waals surface area contributed by atoms with E-state index < -0.39 is 12.9 Å². The van der Waals surface area contributed by atoms with Crippen LogP contribution in [-0.2, 0) is 16.5 Å². The van der Waals surface area contributed by atoms with E-state index in [9.17, 15) is 9.59 Å². The third kappa shape index (κ3) is 5.27. The summed E-state index contributed by atoms with van der Waals surface area (Å²) in [6, 6.07) is 12.7. The van der Waals surface area contributed by atoms with Crippen LogP contribution in [0.3, 0.4) is 0 Å². The Morgan fingerprint density at radius 3 is 2.77 bits per heavy atom. The molecule has 3 aromatic rings. The first-order chi connectivity index (χ1) is 16.1. The number of nitrogens with zero attached hydrogens (tertiary/aromatic N) is 4. The molecule has 3 rings (SSSR count). The van der Waals surface area contributed by atoms with Crippen molar-refractivity contribution in [2.75, 3.05) is 13.7 Å². The van der Waals surface area contributed by atoms with Gasteiger partial charge in [-0.15, -0.1) is 0 Å². The third-order valence-corrected chi connectivity index (χ3v) is 4.65. The number of aryl methyl sites for hydroxylation is 1. The highest BCUT2D eigenvalue weighted by Crippen LogP contribution is 2.21. The van der Waals surface area contributed by atoms with E-state index in [1.165, 1.54) is 25.3 Å². The zero-order valence-corrected chi connectivity index (χ0v) is 17.3. The lowest BCUT2D eigenvalue weighted by atomic mass is 10.2. The van der Waals surface area contributed by atoms with Crippen molar-refractivity contribution in [2.24, 2.45) is 12.0 Å². The third-order valence-electron chi connectivity index (χ3n) is 4.40. The van der Waals surface area contributed by atoms with Crippen molar-refractivity contribution >= 4 is 45.4 Å². The molecule has 0 saturated carbocycles. The number of halogens is 1. The SMILES string of the molecule is [2H]C([2H])([2H])n1c(C(Cl)=Nc2ccc(C#N)cc2)nc2cc(C(=O)NCCCC(=O)OC)ccc21. The van der Waals surface area contributed by atoms with Crippen LogP contribution in [-0.4, -0.2) is 40.3 Å². The number of aromatic nitrogens is 2. The molecule has 1 amide bonds. The van der Waals surface area contributed by atoms with Crippen molar-refractivity contribution in [3.05, 3.63) is 59.4 Å². The molecule has 0 bridgehead atoms. The Balaban J connectivity index is 1.91. The molecule has 0 fully saturated rings. The van der Waals surface area contributed by atoms with Crippen LogP contribution in [0, 0.1) is 11.3 Å².